The predicted molar refractivity (Wildman–Crippen MR) is 46.8 cm³/mol. The van der Waals surface area contributed by atoms with Crippen molar-refractivity contribution in [2.75, 3.05) is 5.32 Å². The number of amides is 1. The van der Waals surface area contributed by atoms with E-state index in [-0.39, 0.29) is 11.9 Å². The molecule has 0 saturated carbocycles. The van der Waals surface area contributed by atoms with Crippen LogP contribution in [0.15, 0.2) is 6.33 Å². The smallest absolute Gasteiger partial charge is 0.219 e. The van der Waals surface area contributed by atoms with Crippen LogP contribution >= 0.6 is 11.5 Å². The Hall–Kier alpha value is -1.17. The van der Waals surface area contributed by atoms with E-state index >= 15 is 0 Å². The fourth-order valence-corrected chi connectivity index (χ4v) is 1.34. The van der Waals surface area contributed by atoms with Crippen molar-refractivity contribution >= 4 is 22.6 Å². The highest BCUT2D eigenvalue weighted by molar-refractivity contribution is 7.09. The molecule has 1 unspecified atom stereocenters. The van der Waals surface area contributed by atoms with Gasteiger partial charge in [0.1, 0.15) is 6.33 Å². The van der Waals surface area contributed by atoms with E-state index in [4.69, 9.17) is 5.73 Å². The molecule has 66 valence electrons. The Morgan fingerprint density at radius 3 is 3.17 bits per heavy atom. The van der Waals surface area contributed by atoms with Crippen molar-refractivity contribution in [2.24, 2.45) is 5.73 Å². The fraction of sp³-hybridized carbons (Fsp3) is 0.500. The predicted octanol–water partition coefficient (Wildman–Crippen LogP) is 0.214. The number of hydrogen-bond donors (Lipinski definition) is 2. The van der Waals surface area contributed by atoms with Gasteiger partial charge in [0.25, 0.3) is 0 Å². The van der Waals surface area contributed by atoms with Crippen LogP contribution in [-0.2, 0) is 4.79 Å². The molecule has 1 rings (SSSR count). The molecule has 12 heavy (non-hydrogen) atoms. The van der Waals surface area contributed by atoms with Crippen LogP contribution in [0.2, 0.25) is 0 Å². The van der Waals surface area contributed by atoms with Crippen LogP contribution in [0.4, 0.5) is 5.13 Å². The standard InChI is InChI=1S/C6H10N4OS/c1-4(2-5(7)11)10-6-8-3-9-12-6/h3-4H,2H2,1H3,(H2,7,11)(H,8,9,10). The van der Waals surface area contributed by atoms with E-state index in [1.165, 1.54) is 17.9 Å². The van der Waals surface area contributed by atoms with Gasteiger partial charge in [-0.1, -0.05) is 0 Å². The normalized spacial score (nSPS) is 12.4. The van der Waals surface area contributed by atoms with Crippen molar-refractivity contribution in [3.63, 3.8) is 0 Å². The van der Waals surface area contributed by atoms with Crippen molar-refractivity contribution in [3.05, 3.63) is 6.33 Å². The minimum absolute atomic E-state index is 0.00968. The highest BCUT2D eigenvalue weighted by Crippen LogP contribution is 2.09. The molecule has 0 spiro atoms. The zero-order valence-corrected chi connectivity index (χ0v) is 7.47. The van der Waals surface area contributed by atoms with Gasteiger partial charge in [0, 0.05) is 24.0 Å². The molecule has 1 amide bonds. The fourth-order valence-electron chi connectivity index (χ4n) is 0.800. The van der Waals surface area contributed by atoms with Crippen LogP contribution in [0.1, 0.15) is 13.3 Å². The molecule has 0 aliphatic rings. The van der Waals surface area contributed by atoms with E-state index in [1.54, 1.807) is 0 Å². The zero-order valence-electron chi connectivity index (χ0n) is 6.65. The molecule has 1 heterocycles. The third-order valence-corrected chi connectivity index (χ3v) is 1.83. The van der Waals surface area contributed by atoms with E-state index in [0.717, 1.165) is 0 Å². The molecule has 0 radical (unpaired) electrons. The largest absolute Gasteiger partial charge is 0.370 e. The molecule has 0 aliphatic carbocycles. The summed E-state index contributed by atoms with van der Waals surface area (Å²) in [5.74, 6) is -0.320. The second-order valence-corrected chi connectivity index (χ2v) is 3.24. The number of nitrogens with two attached hydrogens (primary N) is 1. The van der Waals surface area contributed by atoms with Crippen LogP contribution < -0.4 is 11.1 Å². The number of carbonyl (C=O) groups excluding carboxylic acids is 1. The van der Waals surface area contributed by atoms with Crippen LogP contribution in [0.3, 0.4) is 0 Å². The lowest BCUT2D eigenvalue weighted by molar-refractivity contribution is -0.118. The first-order chi connectivity index (χ1) is 5.68. The van der Waals surface area contributed by atoms with Gasteiger partial charge in [0.15, 0.2) is 0 Å². The topological polar surface area (TPSA) is 80.9 Å². The Bertz CT molecular complexity index is 248. The molecule has 1 aromatic rings. The minimum atomic E-state index is -0.320. The molecule has 0 aromatic carbocycles. The molecule has 0 fully saturated rings. The number of anilines is 1. The van der Waals surface area contributed by atoms with Crippen molar-refractivity contribution in [2.45, 2.75) is 19.4 Å². The monoisotopic (exact) mass is 186 g/mol. The van der Waals surface area contributed by atoms with Crippen molar-refractivity contribution in [3.8, 4) is 0 Å². The number of nitrogens with zero attached hydrogens (tertiary/aromatic N) is 2. The molecule has 5 nitrogen and oxygen atoms in total. The van der Waals surface area contributed by atoms with E-state index in [2.05, 4.69) is 14.7 Å². The Morgan fingerprint density at radius 2 is 2.67 bits per heavy atom. The molecule has 1 aromatic heterocycles. The summed E-state index contributed by atoms with van der Waals surface area (Å²) in [7, 11) is 0. The van der Waals surface area contributed by atoms with Gasteiger partial charge in [-0.15, -0.1) is 0 Å². The first kappa shape index (κ1) is 8.92. The number of rotatable bonds is 4. The molecule has 1 atom stereocenters. The summed E-state index contributed by atoms with van der Waals surface area (Å²) in [5, 5.41) is 3.71. The molecular weight excluding hydrogens is 176 g/mol. The SMILES string of the molecule is CC(CC(N)=O)Nc1ncns1. The number of aromatic nitrogens is 2. The van der Waals surface area contributed by atoms with Crippen molar-refractivity contribution < 1.29 is 4.79 Å². The molecule has 6 heteroatoms. The van der Waals surface area contributed by atoms with Gasteiger partial charge < -0.3 is 11.1 Å². The van der Waals surface area contributed by atoms with Crippen molar-refractivity contribution in [1.29, 1.82) is 0 Å². The summed E-state index contributed by atoms with van der Waals surface area (Å²) in [6.45, 7) is 1.87. The summed E-state index contributed by atoms with van der Waals surface area (Å²) in [4.78, 5) is 14.4. The van der Waals surface area contributed by atoms with Gasteiger partial charge >= 0.3 is 0 Å². The van der Waals surface area contributed by atoms with E-state index < -0.39 is 0 Å². The maximum atomic E-state index is 10.5. The number of nitrogens with one attached hydrogen (secondary N) is 1. The second kappa shape index (κ2) is 4.01. The number of primary amides is 1. The molecule has 0 saturated heterocycles. The maximum Gasteiger partial charge on any atom is 0.219 e. The van der Waals surface area contributed by atoms with E-state index in [9.17, 15) is 4.79 Å². The van der Waals surface area contributed by atoms with Crippen LogP contribution in [0, 0.1) is 0 Å². The minimum Gasteiger partial charge on any atom is -0.370 e. The molecule has 0 bridgehead atoms. The summed E-state index contributed by atoms with van der Waals surface area (Å²) < 4.78 is 3.81. The lowest BCUT2D eigenvalue weighted by atomic mass is 10.2. The Balaban J connectivity index is 2.36. The van der Waals surface area contributed by atoms with Gasteiger partial charge in [-0.05, 0) is 6.92 Å². The lowest BCUT2D eigenvalue weighted by Gasteiger charge is -2.08. The van der Waals surface area contributed by atoms with Crippen molar-refractivity contribution in [1.82, 2.24) is 9.36 Å². The maximum absolute atomic E-state index is 10.5. The Morgan fingerprint density at radius 1 is 1.92 bits per heavy atom. The average molecular weight is 186 g/mol. The Kier molecular flexibility index (Phi) is 2.98. The number of carbonyl (C=O) groups is 1. The zero-order chi connectivity index (χ0) is 8.97. The van der Waals surface area contributed by atoms with Gasteiger partial charge in [-0.3, -0.25) is 4.79 Å². The lowest BCUT2D eigenvalue weighted by Crippen LogP contribution is -2.23. The van der Waals surface area contributed by atoms with Gasteiger partial charge in [0.05, 0.1) is 0 Å². The highest BCUT2D eigenvalue weighted by atomic mass is 32.1. The quantitative estimate of drug-likeness (QED) is 0.704. The Labute approximate surface area is 74.2 Å². The molecule has 0 aliphatic heterocycles. The van der Waals surface area contributed by atoms with Gasteiger partial charge in [-0.25, -0.2) is 4.98 Å². The van der Waals surface area contributed by atoms with E-state index in [0.29, 0.717) is 11.6 Å². The number of hydrogen-bond acceptors (Lipinski definition) is 5. The van der Waals surface area contributed by atoms with E-state index in [1.807, 2.05) is 6.92 Å². The van der Waals surface area contributed by atoms with Gasteiger partial charge in [0.2, 0.25) is 11.0 Å². The van der Waals surface area contributed by atoms with Gasteiger partial charge in [-0.2, -0.15) is 4.37 Å². The highest BCUT2D eigenvalue weighted by Gasteiger charge is 2.06. The first-order valence-corrected chi connectivity index (χ1v) is 4.27. The second-order valence-electron chi connectivity index (χ2n) is 2.46. The third kappa shape index (κ3) is 2.83. The third-order valence-electron chi connectivity index (χ3n) is 1.24. The van der Waals surface area contributed by atoms with Crippen LogP contribution in [0.25, 0.3) is 0 Å². The van der Waals surface area contributed by atoms with Crippen LogP contribution in [0.5, 0.6) is 0 Å². The molecule has 3 N–H and O–H groups in total. The first-order valence-electron chi connectivity index (χ1n) is 3.50. The summed E-state index contributed by atoms with van der Waals surface area (Å²) in [5.41, 5.74) is 5.01. The summed E-state index contributed by atoms with van der Waals surface area (Å²) in [6, 6.07) is 0.00968. The summed E-state index contributed by atoms with van der Waals surface area (Å²) in [6.07, 6.45) is 1.77. The van der Waals surface area contributed by atoms with Crippen LogP contribution in [-0.4, -0.2) is 21.3 Å². The summed E-state index contributed by atoms with van der Waals surface area (Å²) >= 11 is 1.25. The average Bonchev–Trinajstić information content (AvgIpc) is 2.37. The molecular formula is C6H10N4OS.